The highest BCUT2D eigenvalue weighted by molar-refractivity contribution is 6.05. The Morgan fingerprint density at radius 3 is 2.72 bits per heavy atom. The molecule has 1 atom stereocenters. The predicted octanol–water partition coefficient (Wildman–Crippen LogP) is 2.39. The van der Waals surface area contributed by atoms with Crippen LogP contribution in [0.4, 0.5) is 9.18 Å². The van der Waals surface area contributed by atoms with Crippen molar-refractivity contribution in [3.05, 3.63) is 34.6 Å². The van der Waals surface area contributed by atoms with Crippen LogP contribution < -0.4 is 10.6 Å². The van der Waals surface area contributed by atoms with Gasteiger partial charge < -0.3 is 15.0 Å². The molecule has 4 amide bonds. The van der Waals surface area contributed by atoms with Crippen LogP contribution >= 0.6 is 0 Å². The number of carbonyl (C=O) groups is 4. The van der Waals surface area contributed by atoms with Crippen molar-refractivity contribution in [2.24, 2.45) is 11.3 Å². The molecule has 1 unspecified atom stereocenters. The Morgan fingerprint density at radius 1 is 1.25 bits per heavy atom. The number of nitrogens with zero attached hydrogens (tertiary/aromatic N) is 1. The molecule has 0 aromatic heterocycles. The standard InChI is InChI=1S/C23H26FN3O5/c24-17-7-13(10-25-22(31)32-12-14-8-23(9-14)4-1-5-23)6-15-16(17)11-27(21(15)30)18-2-3-19(28)26-20(18)29/h6-7,14,18H,1-5,8-12H2,(H,25,31)(H,26,28,29). The van der Waals surface area contributed by atoms with Crippen molar-refractivity contribution in [1.29, 1.82) is 0 Å². The molecule has 9 heteroatoms. The third-order valence-electron chi connectivity index (χ3n) is 7.41. The van der Waals surface area contributed by atoms with Gasteiger partial charge in [-0.3, -0.25) is 19.7 Å². The van der Waals surface area contributed by atoms with E-state index in [4.69, 9.17) is 4.74 Å². The number of fused-ring (bicyclic) bond motifs is 1. The average Bonchev–Trinajstić information content (AvgIpc) is 3.01. The van der Waals surface area contributed by atoms with Crippen molar-refractivity contribution < 1.29 is 28.3 Å². The molecule has 170 valence electrons. The van der Waals surface area contributed by atoms with Gasteiger partial charge in [0, 0.05) is 24.1 Å². The van der Waals surface area contributed by atoms with E-state index in [0.717, 1.165) is 12.8 Å². The first-order chi connectivity index (χ1) is 15.3. The molecule has 2 aliphatic carbocycles. The molecule has 0 radical (unpaired) electrons. The van der Waals surface area contributed by atoms with Gasteiger partial charge in [0.05, 0.1) is 13.2 Å². The van der Waals surface area contributed by atoms with Crippen LogP contribution in [0.15, 0.2) is 12.1 Å². The number of nitrogens with one attached hydrogen (secondary N) is 2. The minimum absolute atomic E-state index is 0.0229. The molecule has 4 aliphatic rings. The molecule has 32 heavy (non-hydrogen) atoms. The highest BCUT2D eigenvalue weighted by Gasteiger charge is 2.48. The lowest BCUT2D eigenvalue weighted by atomic mass is 9.52. The molecule has 2 heterocycles. The van der Waals surface area contributed by atoms with E-state index in [9.17, 15) is 23.6 Å². The number of rotatable bonds is 5. The third kappa shape index (κ3) is 3.73. The second-order valence-corrected chi connectivity index (χ2v) is 9.58. The van der Waals surface area contributed by atoms with E-state index in [1.54, 1.807) is 6.07 Å². The van der Waals surface area contributed by atoms with Gasteiger partial charge in [-0.15, -0.1) is 0 Å². The topological polar surface area (TPSA) is 105 Å². The number of carbonyl (C=O) groups excluding carboxylic acids is 4. The van der Waals surface area contributed by atoms with Gasteiger partial charge in [0.2, 0.25) is 11.8 Å². The molecule has 1 aromatic rings. The maximum Gasteiger partial charge on any atom is 0.407 e. The Bertz CT molecular complexity index is 998. The van der Waals surface area contributed by atoms with Crippen LogP contribution in [0.5, 0.6) is 0 Å². The van der Waals surface area contributed by atoms with Gasteiger partial charge in [0.1, 0.15) is 11.9 Å². The zero-order chi connectivity index (χ0) is 22.5. The summed E-state index contributed by atoms with van der Waals surface area (Å²) in [4.78, 5) is 49.7. The van der Waals surface area contributed by atoms with Crippen molar-refractivity contribution in [3.63, 3.8) is 0 Å². The zero-order valence-electron chi connectivity index (χ0n) is 17.7. The maximum absolute atomic E-state index is 14.7. The van der Waals surface area contributed by atoms with E-state index in [1.807, 2.05) is 0 Å². The summed E-state index contributed by atoms with van der Waals surface area (Å²) < 4.78 is 20.0. The lowest BCUT2D eigenvalue weighted by molar-refractivity contribution is -0.136. The number of ether oxygens (including phenoxy) is 1. The highest BCUT2D eigenvalue weighted by Crippen LogP contribution is 2.58. The van der Waals surface area contributed by atoms with E-state index in [2.05, 4.69) is 10.6 Å². The molecule has 0 bridgehead atoms. The van der Waals surface area contributed by atoms with Crippen LogP contribution in [0.2, 0.25) is 0 Å². The van der Waals surface area contributed by atoms with Gasteiger partial charge in [-0.05, 0) is 61.1 Å². The highest BCUT2D eigenvalue weighted by atomic mass is 19.1. The number of amides is 4. The summed E-state index contributed by atoms with van der Waals surface area (Å²) in [6.45, 7) is 0.403. The quantitative estimate of drug-likeness (QED) is 0.680. The summed E-state index contributed by atoms with van der Waals surface area (Å²) in [5.74, 6) is -1.50. The molecule has 5 rings (SSSR count). The summed E-state index contributed by atoms with van der Waals surface area (Å²) in [5, 5.41) is 4.84. The number of hydrogen-bond donors (Lipinski definition) is 2. The molecule has 8 nitrogen and oxygen atoms in total. The molecule has 1 spiro atoms. The van der Waals surface area contributed by atoms with Gasteiger partial charge >= 0.3 is 6.09 Å². The van der Waals surface area contributed by atoms with Crippen LogP contribution in [-0.4, -0.2) is 41.4 Å². The Morgan fingerprint density at radius 2 is 2.03 bits per heavy atom. The summed E-state index contributed by atoms with van der Waals surface area (Å²) in [7, 11) is 0. The van der Waals surface area contributed by atoms with Gasteiger partial charge in [-0.2, -0.15) is 0 Å². The number of alkyl carbamates (subject to hydrolysis) is 1. The second kappa shape index (κ2) is 7.86. The number of hydrogen-bond acceptors (Lipinski definition) is 5. The fourth-order valence-electron chi connectivity index (χ4n) is 5.56. The van der Waals surface area contributed by atoms with Gasteiger partial charge in [-0.1, -0.05) is 6.42 Å². The fourth-order valence-corrected chi connectivity index (χ4v) is 5.56. The Labute approximate surface area is 184 Å². The van der Waals surface area contributed by atoms with E-state index in [-0.39, 0.29) is 43.0 Å². The fraction of sp³-hybridized carbons (Fsp3) is 0.565. The van der Waals surface area contributed by atoms with E-state index >= 15 is 0 Å². The van der Waals surface area contributed by atoms with Crippen LogP contribution in [0.25, 0.3) is 0 Å². The SMILES string of the molecule is O=C1CCC(N2Cc3c(F)cc(CNC(=O)OCC4CC5(CCC5)C4)cc3C2=O)C(=O)N1. The van der Waals surface area contributed by atoms with Gasteiger partial charge in [0.15, 0.2) is 0 Å². The molecule has 1 aromatic carbocycles. The first kappa shape index (κ1) is 20.9. The molecule has 2 aliphatic heterocycles. The molecule has 2 N–H and O–H groups in total. The molecular weight excluding hydrogens is 417 g/mol. The average molecular weight is 443 g/mol. The normalized spacial score (nSPS) is 24.0. The largest absolute Gasteiger partial charge is 0.449 e. The summed E-state index contributed by atoms with van der Waals surface area (Å²) >= 11 is 0. The van der Waals surface area contributed by atoms with Crippen LogP contribution in [0, 0.1) is 17.2 Å². The minimum Gasteiger partial charge on any atom is -0.449 e. The van der Waals surface area contributed by atoms with E-state index in [1.165, 1.54) is 30.2 Å². The predicted molar refractivity (Wildman–Crippen MR) is 110 cm³/mol. The molecule has 1 saturated heterocycles. The zero-order valence-corrected chi connectivity index (χ0v) is 17.7. The monoisotopic (exact) mass is 443 g/mol. The summed E-state index contributed by atoms with van der Waals surface area (Å²) in [6.07, 6.45) is 5.94. The number of benzene rings is 1. The van der Waals surface area contributed by atoms with Crippen molar-refractivity contribution in [2.45, 2.75) is 64.1 Å². The van der Waals surface area contributed by atoms with E-state index in [0.29, 0.717) is 23.5 Å². The smallest absolute Gasteiger partial charge is 0.407 e. The summed E-state index contributed by atoms with van der Waals surface area (Å²) in [6, 6.07) is 2.03. The Hall–Kier alpha value is -2.97. The molecular formula is C23H26FN3O5. The lowest BCUT2D eigenvalue weighted by Gasteiger charge is -2.54. The number of imide groups is 1. The number of halogens is 1. The van der Waals surface area contributed by atoms with E-state index < -0.39 is 29.8 Å². The van der Waals surface area contributed by atoms with Gasteiger partial charge in [0.25, 0.3) is 5.91 Å². The maximum atomic E-state index is 14.7. The number of piperidine rings is 1. The third-order valence-corrected chi connectivity index (χ3v) is 7.41. The lowest BCUT2D eigenvalue weighted by Crippen LogP contribution is -2.52. The minimum atomic E-state index is -0.797. The van der Waals surface area contributed by atoms with Crippen molar-refractivity contribution in [3.8, 4) is 0 Å². The van der Waals surface area contributed by atoms with Crippen molar-refractivity contribution >= 4 is 23.8 Å². The summed E-state index contributed by atoms with van der Waals surface area (Å²) in [5.41, 5.74) is 1.37. The van der Waals surface area contributed by atoms with Crippen LogP contribution in [0.3, 0.4) is 0 Å². The first-order valence-electron chi connectivity index (χ1n) is 11.2. The van der Waals surface area contributed by atoms with Crippen LogP contribution in [0.1, 0.15) is 66.4 Å². The van der Waals surface area contributed by atoms with Crippen molar-refractivity contribution in [2.75, 3.05) is 6.61 Å². The Kier molecular flexibility index (Phi) is 5.14. The van der Waals surface area contributed by atoms with Crippen molar-refractivity contribution in [1.82, 2.24) is 15.5 Å². The van der Waals surface area contributed by atoms with Crippen LogP contribution in [-0.2, 0) is 27.4 Å². The van der Waals surface area contributed by atoms with Gasteiger partial charge in [-0.25, -0.2) is 9.18 Å². The first-order valence-corrected chi connectivity index (χ1v) is 11.2. The Balaban J connectivity index is 1.16. The molecule has 2 saturated carbocycles. The second-order valence-electron chi connectivity index (χ2n) is 9.58. The molecule has 3 fully saturated rings.